The number of hydrogen-bond donors (Lipinski definition) is 2. The number of para-hydroxylation sites is 1. The first-order valence-electron chi connectivity index (χ1n) is 6.01. The lowest BCUT2D eigenvalue weighted by Crippen LogP contribution is -2.00. The Balaban J connectivity index is 1.93. The van der Waals surface area contributed by atoms with E-state index in [1.807, 2.05) is 47.9 Å². The molecule has 0 unspecified atom stereocenters. The molecule has 0 aliphatic heterocycles. The molecule has 106 valence electrons. The Labute approximate surface area is 134 Å². The van der Waals surface area contributed by atoms with Crippen LogP contribution < -0.4 is 5.48 Å². The molecule has 21 heavy (non-hydrogen) atoms. The Morgan fingerprint density at radius 2 is 2.14 bits per heavy atom. The molecule has 0 radical (unpaired) electrons. The fraction of sp³-hybridized carbons (Fsp3) is 0. The molecule has 0 saturated carbocycles. The van der Waals surface area contributed by atoms with Gasteiger partial charge in [-0.25, -0.2) is 9.98 Å². The van der Waals surface area contributed by atoms with E-state index in [1.165, 1.54) is 18.1 Å². The lowest BCUT2D eigenvalue weighted by Gasteiger charge is -2.01. The minimum Gasteiger partial charge on any atom is -0.290 e. The zero-order chi connectivity index (χ0) is 14.7. The first kappa shape index (κ1) is 14.3. The van der Waals surface area contributed by atoms with E-state index in [1.54, 1.807) is 11.3 Å². The van der Waals surface area contributed by atoms with Crippen molar-refractivity contribution >= 4 is 56.9 Å². The van der Waals surface area contributed by atoms with E-state index < -0.39 is 0 Å². The van der Waals surface area contributed by atoms with Crippen LogP contribution in [-0.2, 0) is 0 Å². The highest BCUT2D eigenvalue weighted by Gasteiger charge is 2.08. The number of aromatic nitrogens is 1. The van der Waals surface area contributed by atoms with Gasteiger partial charge in [0.25, 0.3) is 0 Å². The van der Waals surface area contributed by atoms with Gasteiger partial charge >= 0.3 is 0 Å². The maximum absolute atomic E-state index is 8.60. The van der Waals surface area contributed by atoms with Crippen LogP contribution in [0.1, 0.15) is 0 Å². The lowest BCUT2D eigenvalue weighted by atomic mass is 10.3. The molecule has 4 nitrogen and oxygen atoms in total. The van der Waals surface area contributed by atoms with Crippen molar-refractivity contribution < 1.29 is 5.21 Å². The molecule has 0 aliphatic rings. The molecule has 2 N–H and O–H groups in total. The van der Waals surface area contributed by atoms with Crippen LogP contribution in [-0.4, -0.2) is 16.5 Å². The van der Waals surface area contributed by atoms with Gasteiger partial charge in [0.2, 0.25) is 0 Å². The summed E-state index contributed by atoms with van der Waals surface area (Å²) in [6.07, 6.45) is 1.23. The molecule has 0 spiro atoms. The first-order chi connectivity index (χ1) is 10.3. The molecule has 0 saturated heterocycles. The van der Waals surface area contributed by atoms with Gasteiger partial charge < -0.3 is 0 Å². The van der Waals surface area contributed by atoms with Crippen molar-refractivity contribution in [3.8, 4) is 0 Å². The molecular formula is C14H10ClN3OS2. The Morgan fingerprint density at radius 1 is 1.29 bits per heavy atom. The summed E-state index contributed by atoms with van der Waals surface area (Å²) in [5.41, 5.74) is 3.61. The number of halogens is 1. The van der Waals surface area contributed by atoms with Crippen LogP contribution in [0.2, 0.25) is 5.02 Å². The number of nitrogens with one attached hydrogen (secondary N) is 1. The van der Waals surface area contributed by atoms with Gasteiger partial charge in [0.15, 0.2) is 4.34 Å². The molecule has 1 aromatic heterocycles. The predicted molar refractivity (Wildman–Crippen MR) is 88.3 cm³/mol. The summed E-state index contributed by atoms with van der Waals surface area (Å²) in [5.74, 6) is 0. The van der Waals surface area contributed by atoms with Crippen LogP contribution in [0.4, 0.5) is 5.69 Å². The van der Waals surface area contributed by atoms with Gasteiger partial charge in [-0.05, 0) is 30.3 Å². The van der Waals surface area contributed by atoms with Crippen molar-refractivity contribution in [3.05, 3.63) is 47.5 Å². The summed E-state index contributed by atoms with van der Waals surface area (Å²) >= 11 is 9.12. The van der Waals surface area contributed by atoms with Gasteiger partial charge in [0.05, 0.1) is 15.9 Å². The smallest absolute Gasteiger partial charge is 0.155 e. The van der Waals surface area contributed by atoms with E-state index in [2.05, 4.69) is 9.98 Å². The number of hydroxylamine groups is 1. The number of fused-ring (bicyclic) bond motifs is 1. The van der Waals surface area contributed by atoms with Gasteiger partial charge in [-0.2, -0.15) is 0 Å². The second-order valence-electron chi connectivity index (χ2n) is 4.05. The van der Waals surface area contributed by atoms with Gasteiger partial charge in [0, 0.05) is 9.92 Å². The average molecular weight is 336 g/mol. The van der Waals surface area contributed by atoms with Crippen molar-refractivity contribution in [2.75, 3.05) is 0 Å². The second kappa shape index (κ2) is 6.44. The molecule has 0 fully saturated rings. The van der Waals surface area contributed by atoms with E-state index in [9.17, 15) is 0 Å². The highest BCUT2D eigenvalue weighted by molar-refractivity contribution is 8.01. The van der Waals surface area contributed by atoms with Crippen LogP contribution in [0.3, 0.4) is 0 Å². The van der Waals surface area contributed by atoms with E-state index >= 15 is 0 Å². The molecule has 0 aliphatic carbocycles. The third-order valence-corrected chi connectivity index (χ3v) is 5.03. The SMILES string of the molecule is ONC=Nc1ccccc1Sc1nc2ccc(Cl)cc2s1. The predicted octanol–water partition coefficient (Wildman–Crippen LogP) is 4.74. The third kappa shape index (κ3) is 3.36. The Morgan fingerprint density at radius 3 is 3.00 bits per heavy atom. The second-order valence-corrected chi connectivity index (χ2v) is 6.81. The fourth-order valence-corrected chi connectivity index (χ4v) is 4.15. The Bertz CT molecular complexity index is 804. The molecule has 3 aromatic rings. The first-order valence-corrected chi connectivity index (χ1v) is 8.02. The maximum atomic E-state index is 8.60. The van der Waals surface area contributed by atoms with Crippen molar-refractivity contribution in [1.82, 2.24) is 10.5 Å². The summed E-state index contributed by atoms with van der Waals surface area (Å²) in [6, 6.07) is 13.3. The van der Waals surface area contributed by atoms with E-state index in [-0.39, 0.29) is 0 Å². The number of rotatable bonds is 4. The monoisotopic (exact) mass is 335 g/mol. The van der Waals surface area contributed by atoms with Gasteiger partial charge in [-0.15, -0.1) is 11.3 Å². The molecule has 3 rings (SSSR count). The number of nitrogens with zero attached hydrogens (tertiary/aromatic N) is 2. The average Bonchev–Trinajstić information content (AvgIpc) is 2.87. The van der Waals surface area contributed by atoms with Crippen molar-refractivity contribution in [2.24, 2.45) is 4.99 Å². The lowest BCUT2D eigenvalue weighted by molar-refractivity contribution is 0.240. The topological polar surface area (TPSA) is 57.5 Å². The fourth-order valence-electron chi connectivity index (χ4n) is 1.76. The van der Waals surface area contributed by atoms with Crippen molar-refractivity contribution in [3.63, 3.8) is 0 Å². The molecule has 0 atom stereocenters. The van der Waals surface area contributed by atoms with Crippen LogP contribution in [0, 0.1) is 0 Å². The summed E-state index contributed by atoms with van der Waals surface area (Å²) in [7, 11) is 0. The maximum Gasteiger partial charge on any atom is 0.155 e. The van der Waals surface area contributed by atoms with E-state index in [0.717, 1.165) is 25.1 Å². The van der Waals surface area contributed by atoms with Crippen LogP contribution in [0.5, 0.6) is 0 Å². The number of benzene rings is 2. The largest absolute Gasteiger partial charge is 0.290 e. The Hall–Kier alpha value is -1.60. The van der Waals surface area contributed by atoms with Crippen LogP contribution in [0.25, 0.3) is 10.2 Å². The molecule has 0 amide bonds. The van der Waals surface area contributed by atoms with Gasteiger partial charge in [-0.1, -0.05) is 35.5 Å². The highest BCUT2D eigenvalue weighted by atomic mass is 35.5. The van der Waals surface area contributed by atoms with Crippen LogP contribution >= 0.6 is 34.7 Å². The summed E-state index contributed by atoms with van der Waals surface area (Å²) in [6.45, 7) is 0. The third-order valence-electron chi connectivity index (χ3n) is 2.65. The number of aliphatic imine (C=N–C) groups is 1. The highest BCUT2D eigenvalue weighted by Crippen LogP contribution is 2.39. The summed E-state index contributed by atoms with van der Waals surface area (Å²) in [5, 5.41) is 9.31. The number of thiazole rings is 1. The number of hydrogen-bond acceptors (Lipinski definition) is 5. The van der Waals surface area contributed by atoms with Gasteiger partial charge in [0.1, 0.15) is 6.34 Å². The molecule has 1 heterocycles. The summed E-state index contributed by atoms with van der Waals surface area (Å²) < 4.78 is 1.98. The minimum absolute atomic E-state index is 0.710. The zero-order valence-electron chi connectivity index (χ0n) is 10.7. The quantitative estimate of drug-likeness (QED) is 0.411. The normalized spacial score (nSPS) is 11.3. The van der Waals surface area contributed by atoms with Gasteiger partial charge in [-0.3, -0.25) is 10.7 Å². The standard InChI is InChI=1S/C14H10ClN3OS2/c15-9-5-6-11-13(7-9)21-14(18-11)20-12-4-2-1-3-10(12)16-8-17-19/h1-8,19H,(H,16,17). The van der Waals surface area contributed by atoms with Crippen LogP contribution in [0.15, 0.2) is 56.7 Å². The van der Waals surface area contributed by atoms with E-state index in [0.29, 0.717) is 5.02 Å². The molecular weight excluding hydrogens is 326 g/mol. The minimum atomic E-state index is 0.710. The van der Waals surface area contributed by atoms with Crippen molar-refractivity contribution in [2.45, 2.75) is 9.24 Å². The zero-order valence-corrected chi connectivity index (χ0v) is 13.0. The Kier molecular flexibility index (Phi) is 4.40. The summed E-state index contributed by atoms with van der Waals surface area (Å²) in [4.78, 5) is 9.68. The molecule has 2 aromatic carbocycles. The molecule has 0 bridgehead atoms. The molecule has 7 heteroatoms. The van der Waals surface area contributed by atoms with Crippen molar-refractivity contribution in [1.29, 1.82) is 0 Å². The van der Waals surface area contributed by atoms with E-state index in [4.69, 9.17) is 16.8 Å².